The average molecular weight is 427 g/mol. The molecule has 2 N–H and O–H groups in total. The number of nitrogens with zero attached hydrogens (tertiary/aromatic N) is 3. The summed E-state index contributed by atoms with van der Waals surface area (Å²) in [5.74, 6) is -0.502. The predicted molar refractivity (Wildman–Crippen MR) is 92.5 cm³/mol. The minimum Gasteiger partial charge on any atom is -0.382 e. The first-order valence-electron chi connectivity index (χ1n) is 7.66. The molecule has 1 heterocycles. The highest BCUT2D eigenvalue weighted by Gasteiger charge is 2.39. The second-order valence-electron chi connectivity index (χ2n) is 5.48. The summed E-state index contributed by atoms with van der Waals surface area (Å²) in [6.07, 6.45) is -7.25. The van der Waals surface area contributed by atoms with Gasteiger partial charge in [0.1, 0.15) is 10.8 Å². The van der Waals surface area contributed by atoms with Gasteiger partial charge in [0, 0.05) is 18.0 Å². The van der Waals surface area contributed by atoms with Crippen LogP contribution in [0, 0.1) is 5.82 Å². The van der Waals surface area contributed by atoms with Crippen molar-refractivity contribution in [3.63, 3.8) is 0 Å². The molecule has 2 amide bonds. The summed E-state index contributed by atoms with van der Waals surface area (Å²) in [4.78, 5) is 12.9. The number of alkyl halides is 3. The van der Waals surface area contributed by atoms with Gasteiger partial charge < -0.3 is 10.0 Å². The maximum absolute atomic E-state index is 13.3. The van der Waals surface area contributed by atoms with Crippen molar-refractivity contribution in [2.45, 2.75) is 25.6 Å². The number of likely N-dealkylation sites (N-methyl/N-ethyl adjacent to an activating group) is 1. The van der Waals surface area contributed by atoms with Crippen LogP contribution in [0.3, 0.4) is 0 Å². The summed E-state index contributed by atoms with van der Waals surface area (Å²) in [6, 6.07) is 3.15. The van der Waals surface area contributed by atoms with Gasteiger partial charge in [-0.25, -0.2) is 9.18 Å². The third-order valence-corrected chi connectivity index (χ3v) is 4.46. The van der Waals surface area contributed by atoms with Crippen LogP contribution in [-0.4, -0.2) is 51.6 Å². The number of aliphatic hydroxyl groups is 1. The molecule has 6 nitrogen and oxygen atoms in total. The molecule has 0 spiro atoms. The van der Waals surface area contributed by atoms with E-state index in [1.165, 1.54) is 13.0 Å². The first kappa shape index (κ1) is 21.3. The first-order chi connectivity index (χ1) is 12.6. The molecule has 1 aromatic carbocycles. The lowest BCUT2D eigenvalue weighted by Crippen LogP contribution is -2.45. The maximum atomic E-state index is 13.3. The molecule has 0 fully saturated rings. The van der Waals surface area contributed by atoms with Crippen molar-refractivity contribution in [2.24, 2.45) is 0 Å². The fourth-order valence-electron chi connectivity index (χ4n) is 2.10. The number of urea groups is 1. The van der Waals surface area contributed by atoms with Crippen molar-refractivity contribution in [1.82, 2.24) is 15.1 Å². The molecule has 2 aromatic rings. The largest absolute Gasteiger partial charge is 0.416 e. The van der Waals surface area contributed by atoms with Crippen molar-refractivity contribution >= 4 is 34.1 Å². The molecule has 0 radical (unpaired) electrons. The van der Waals surface area contributed by atoms with E-state index in [0.29, 0.717) is 10.6 Å². The highest BCUT2D eigenvalue weighted by molar-refractivity contribution is 7.15. The molecule has 148 valence electrons. The van der Waals surface area contributed by atoms with E-state index in [1.807, 2.05) is 0 Å². The number of aromatic nitrogens is 2. The summed E-state index contributed by atoms with van der Waals surface area (Å²) in [5, 5.41) is 19.8. The number of carbonyl (C=O) groups is 1. The molecule has 0 aliphatic heterocycles. The Hall–Kier alpha value is -1.98. The zero-order chi connectivity index (χ0) is 20.2. The van der Waals surface area contributed by atoms with Crippen LogP contribution in [0.5, 0.6) is 0 Å². The topological polar surface area (TPSA) is 78.4 Å². The second kappa shape index (κ2) is 8.81. The Bertz CT molecular complexity index is 782. The van der Waals surface area contributed by atoms with E-state index in [2.05, 4.69) is 15.5 Å². The number of hydrogen-bond acceptors (Lipinski definition) is 5. The zero-order valence-electron chi connectivity index (χ0n) is 13.9. The van der Waals surface area contributed by atoms with Crippen LogP contribution in [-0.2, 0) is 6.42 Å². The molecule has 1 atom stereocenters. The number of rotatable bonds is 6. The molecule has 0 aliphatic rings. The highest BCUT2D eigenvalue weighted by Crippen LogP contribution is 2.23. The van der Waals surface area contributed by atoms with Gasteiger partial charge in [-0.1, -0.05) is 22.9 Å². The third-order valence-electron chi connectivity index (χ3n) is 3.40. The maximum Gasteiger partial charge on any atom is 0.416 e. The lowest BCUT2D eigenvalue weighted by Gasteiger charge is -2.24. The van der Waals surface area contributed by atoms with Gasteiger partial charge in [-0.2, -0.15) is 13.2 Å². The number of benzene rings is 1. The lowest BCUT2D eigenvalue weighted by atomic mass is 10.1. The normalized spacial score (nSPS) is 12.7. The van der Waals surface area contributed by atoms with Gasteiger partial charge in [-0.3, -0.25) is 5.32 Å². The smallest absolute Gasteiger partial charge is 0.382 e. The first-order valence-corrected chi connectivity index (χ1v) is 8.86. The number of carbonyl (C=O) groups excluding carboxylic acids is 1. The monoisotopic (exact) mass is 426 g/mol. The van der Waals surface area contributed by atoms with Crippen molar-refractivity contribution in [2.75, 3.05) is 18.4 Å². The molecule has 27 heavy (non-hydrogen) atoms. The van der Waals surface area contributed by atoms with E-state index in [1.54, 1.807) is 6.07 Å². The van der Waals surface area contributed by atoms with Crippen LogP contribution >= 0.6 is 22.9 Å². The van der Waals surface area contributed by atoms with E-state index in [-0.39, 0.29) is 23.1 Å². The lowest BCUT2D eigenvalue weighted by molar-refractivity contribution is -0.206. The second-order valence-corrected chi connectivity index (χ2v) is 6.98. The van der Waals surface area contributed by atoms with E-state index < -0.39 is 30.7 Å². The SMILES string of the molecule is CCN(C[C@@H](O)C(F)(F)F)C(=O)Nc1nnc(Cc2cc(F)cc(Cl)c2)s1. The zero-order valence-corrected chi connectivity index (χ0v) is 15.5. The number of halogens is 5. The van der Waals surface area contributed by atoms with E-state index in [0.717, 1.165) is 22.3 Å². The van der Waals surface area contributed by atoms with Crippen molar-refractivity contribution in [1.29, 1.82) is 0 Å². The fraction of sp³-hybridized carbons (Fsp3) is 0.400. The van der Waals surface area contributed by atoms with Crippen LogP contribution in [0.1, 0.15) is 17.5 Å². The molecular formula is C15H15ClF4N4O2S. The highest BCUT2D eigenvalue weighted by atomic mass is 35.5. The Labute approximate surface area is 160 Å². The van der Waals surface area contributed by atoms with Gasteiger partial charge in [0.15, 0.2) is 6.10 Å². The molecule has 0 saturated carbocycles. The molecule has 12 heteroatoms. The van der Waals surface area contributed by atoms with Crippen LogP contribution in [0.2, 0.25) is 5.02 Å². The summed E-state index contributed by atoms with van der Waals surface area (Å²) in [6.45, 7) is 0.521. The van der Waals surface area contributed by atoms with E-state index in [9.17, 15) is 22.4 Å². The van der Waals surface area contributed by atoms with Crippen molar-refractivity contribution in [3.05, 3.63) is 39.6 Å². The number of nitrogens with one attached hydrogen (secondary N) is 1. The quantitative estimate of drug-likeness (QED) is 0.690. The Morgan fingerprint density at radius 2 is 2.07 bits per heavy atom. The number of hydrogen-bond donors (Lipinski definition) is 2. The van der Waals surface area contributed by atoms with Crippen LogP contribution in [0.15, 0.2) is 18.2 Å². The minimum absolute atomic E-state index is 0.0492. The minimum atomic E-state index is -4.82. The molecule has 0 unspecified atom stereocenters. The van der Waals surface area contributed by atoms with Gasteiger partial charge in [-0.05, 0) is 30.7 Å². The van der Waals surface area contributed by atoms with Crippen LogP contribution in [0.4, 0.5) is 27.5 Å². The standard InChI is InChI=1S/C15H15ClF4N4O2S/c1-2-24(7-11(25)15(18,19)20)14(26)21-13-23-22-12(27-13)5-8-3-9(16)6-10(17)4-8/h3-4,6,11,25H,2,5,7H2,1H3,(H,21,23,26)/t11-/m1/s1. The summed E-state index contributed by atoms with van der Waals surface area (Å²) in [7, 11) is 0. The number of amides is 2. The Kier molecular flexibility index (Phi) is 6.95. The summed E-state index contributed by atoms with van der Waals surface area (Å²) in [5.41, 5.74) is 0.553. The fourth-order valence-corrected chi connectivity index (χ4v) is 3.11. The molecule has 2 rings (SSSR count). The Morgan fingerprint density at radius 1 is 1.37 bits per heavy atom. The van der Waals surface area contributed by atoms with Gasteiger partial charge in [0.25, 0.3) is 0 Å². The van der Waals surface area contributed by atoms with Crippen molar-refractivity contribution in [3.8, 4) is 0 Å². The third kappa shape index (κ3) is 6.29. The summed E-state index contributed by atoms with van der Waals surface area (Å²) < 4.78 is 50.7. The predicted octanol–water partition coefficient (Wildman–Crippen LogP) is 3.70. The summed E-state index contributed by atoms with van der Waals surface area (Å²) >= 11 is 6.77. The van der Waals surface area contributed by atoms with Crippen LogP contribution < -0.4 is 5.32 Å². The molecule has 1 aromatic heterocycles. The van der Waals surface area contributed by atoms with E-state index in [4.69, 9.17) is 16.7 Å². The number of aliphatic hydroxyl groups excluding tert-OH is 1. The molecule has 0 bridgehead atoms. The van der Waals surface area contributed by atoms with Gasteiger partial charge in [0.2, 0.25) is 5.13 Å². The van der Waals surface area contributed by atoms with Crippen LogP contribution in [0.25, 0.3) is 0 Å². The molecule has 0 saturated heterocycles. The Morgan fingerprint density at radius 3 is 2.67 bits per heavy atom. The van der Waals surface area contributed by atoms with Gasteiger partial charge in [-0.15, -0.1) is 10.2 Å². The molecule has 0 aliphatic carbocycles. The van der Waals surface area contributed by atoms with Crippen molar-refractivity contribution < 1.29 is 27.5 Å². The average Bonchev–Trinajstić information content (AvgIpc) is 2.97. The Balaban J connectivity index is 2.00. The van der Waals surface area contributed by atoms with Gasteiger partial charge >= 0.3 is 12.2 Å². The van der Waals surface area contributed by atoms with Gasteiger partial charge in [0.05, 0.1) is 6.54 Å². The molecular weight excluding hydrogens is 412 g/mol. The van der Waals surface area contributed by atoms with E-state index >= 15 is 0 Å². The number of anilines is 1.